The number of primary amides is 2. The molecule has 0 spiro atoms. The molecule has 0 atom stereocenters. The molecule has 0 aromatic carbocycles. The SMILES string of the molecule is CC(=CC(O)(C=C(C)C(N)=O)CO)C(N)=O. The van der Waals surface area contributed by atoms with Crippen molar-refractivity contribution in [2.45, 2.75) is 19.4 Å². The fourth-order valence-corrected chi connectivity index (χ4v) is 1.03. The van der Waals surface area contributed by atoms with Crippen molar-refractivity contribution in [1.29, 1.82) is 0 Å². The van der Waals surface area contributed by atoms with E-state index in [1.165, 1.54) is 13.8 Å². The molecule has 0 radical (unpaired) electrons. The van der Waals surface area contributed by atoms with Gasteiger partial charge in [-0.3, -0.25) is 9.59 Å². The van der Waals surface area contributed by atoms with Crippen molar-refractivity contribution in [2.24, 2.45) is 11.5 Å². The second-order valence-corrected chi connectivity index (χ2v) is 3.53. The van der Waals surface area contributed by atoms with Crippen LogP contribution in [0.1, 0.15) is 13.8 Å². The number of hydrogen-bond acceptors (Lipinski definition) is 4. The summed E-state index contributed by atoms with van der Waals surface area (Å²) in [6.45, 7) is 2.08. The van der Waals surface area contributed by atoms with E-state index in [0.29, 0.717) is 0 Å². The van der Waals surface area contributed by atoms with E-state index in [1.54, 1.807) is 0 Å². The van der Waals surface area contributed by atoms with Crippen LogP contribution in [-0.4, -0.2) is 34.2 Å². The van der Waals surface area contributed by atoms with Gasteiger partial charge in [-0.15, -0.1) is 0 Å². The number of carbonyl (C=O) groups excluding carboxylic acids is 2. The molecule has 6 nitrogen and oxygen atoms in total. The fraction of sp³-hybridized carbons (Fsp3) is 0.400. The molecular weight excluding hydrogens is 212 g/mol. The third-order valence-electron chi connectivity index (χ3n) is 1.96. The molecule has 0 heterocycles. The van der Waals surface area contributed by atoms with Crippen LogP contribution in [0.15, 0.2) is 23.3 Å². The zero-order chi connectivity index (χ0) is 12.9. The average Bonchev–Trinajstić information content (AvgIpc) is 2.17. The summed E-state index contributed by atoms with van der Waals surface area (Å²) < 4.78 is 0. The minimum atomic E-state index is -1.82. The maximum atomic E-state index is 10.8. The number of hydrogen-bond donors (Lipinski definition) is 4. The van der Waals surface area contributed by atoms with Gasteiger partial charge in [0.2, 0.25) is 11.8 Å². The summed E-state index contributed by atoms with van der Waals surface area (Å²) in [5.41, 5.74) is 8.28. The Kier molecular flexibility index (Phi) is 4.87. The summed E-state index contributed by atoms with van der Waals surface area (Å²) in [5, 5.41) is 18.8. The van der Waals surface area contributed by atoms with Crippen LogP contribution in [0.4, 0.5) is 0 Å². The van der Waals surface area contributed by atoms with Gasteiger partial charge in [0, 0.05) is 11.1 Å². The number of aliphatic hydroxyl groups excluding tert-OH is 1. The van der Waals surface area contributed by atoms with Gasteiger partial charge < -0.3 is 21.7 Å². The van der Waals surface area contributed by atoms with Crippen molar-refractivity contribution >= 4 is 11.8 Å². The van der Waals surface area contributed by atoms with Crippen molar-refractivity contribution in [3.05, 3.63) is 23.3 Å². The highest BCUT2D eigenvalue weighted by Crippen LogP contribution is 2.13. The third-order valence-corrected chi connectivity index (χ3v) is 1.96. The van der Waals surface area contributed by atoms with Gasteiger partial charge in [-0.05, 0) is 26.0 Å². The van der Waals surface area contributed by atoms with Gasteiger partial charge in [0.1, 0.15) is 5.60 Å². The van der Waals surface area contributed by atoms with E-state index in [2.05, 4.69) is 0 Å². The summed E-state index contributed by atoms with van der Waals surface area (Å²) in [7, 11) is 0. The van der Waals surface area contributed by atoms with Crippen LogP contribution in [0.2, 0.25) is 0 Å². The Bertz CT molecular complexity index is 328. The van der Waals surface area contributed by atoms with Gasteiger partial charge in [0.05, 0.1) is 6.61 Å². The zero-order valence-electron chi connectivity index (χ0n) is 9.23. The monoisotopic (exact) mass is 228 g/mol. The lowest BCUT2D eigenvalue weighted by molar-refractivity contribution is -0.115. The van der Waals surface area contributed by atoms with Gasteiger partial charge in [0.25, 0.3) is 0 Å². The maximum Gasteiger partial charge on any atom is 0.244 e. The molecule has 0 saturated heterocycles. The van der Waals surface area contributed by atoms with E-state index >= 15 is 0 Å². The lowest BCUT2D eigenvalue weighted by Gasteiger charge is -2.19. The van der Waals surface area contributed by atoms with Crippen LogP contribution in [-0.2, 0) is 9.59 Å². The molecule has 6 heteroatoms. The van der Waals surface area contributed by atoms with E-state index in [0.717, 1.165) is 12.2 Å². The van der Waals surface area contributed by atoms with Crippen LogP contribution in [0.25, 0.3) is 0 Å². The molecule has 0 aliphatic heterocycles. The second-order valence-electron chi connectivity index (χ2n) is 3.53. The number of aliphatic hydroxyl groups is 2. The highest BCUT2D eigenvalue weighted by atomic mass is 16.3. The fourth-order valence-electron chi connectivity index (χ4n) is 1.03. The molecule has 0 saturated carbocycles. The van der Waals surface area contributed by atoms with E-state index < -0.39 is 24.0 Å². The van der Waals surface area contributed by atoms with Gasteiger partial charge in [0.15, 0.2) is 0 Å². The first-order chi connectivity index (χ1) is 7.22. The summed E-state index contributed by atoms with van der Waals surface area (Å²) in [6, 6.07) is 0. The van der Waals surface area contributed by atoms with E-state index in [9.17, 15) is 14.7 Å². The average molecular weight is 228 g/mol. The first kappa shape index (κ1) is 14.3. The van der Waals surface area contributed by atoms with Gasteiger partial charge >= 0.3 is 0 Å². The molecular formula is C10H16N2O4. The van der Waals surface area contributed by atoms with Crippen molar-refractivity contribution in [3.8, 4) is 0 Å². The Morgan fingerprint density at radius 3 is 1.62 bits per heavy atom. The highest BCUT2D eigenvalue weighted by Gasteiger charge is 2.22. The summed E-state index contributed by atoms with van der Waals surface area (Å²) in [4.78, 5) is 21.5. The van der Waals surface area contributed by atoms with Crippen molar-refractivity contribution < 1.29 is 19.8 Å². The Morgan fingerprint density at radius 1 is 1.12 bits per heavy atom. The van der Waals surface area contributed by atoms with Crippen LogP contribution in [0.5, 0.6) is 0 Å². The summed E-state index contributed by atoms with van der Waals surface area (Å²) >= 11 is 0. The van der Waals surface area contributed by atoms with Gasteiger partial charge in [-0.2, -0.15) is 0 Å². The predicted octanol–water partition coefficient (Wildman–Crippen LogP) is -1.43. The Balaban J connectivity index is 5.23. The summed E-state index contributed by atoms with van der Waals surface area (Å²) in [6.07, 6.45) is 2.14. The standard InChI is InChI=1S/C10H16N2O4/c1-6(8(11)14)3-10(16,5-13)4-7(2)9(12)15/h3-4,13,16H,5H2,1-2H3,(H2,11,14)(H2,12,15). The van der Waals surface area contributed by atoms with Crippen molar-refractivity contribution in [3.63, 3.8) is 0 Å². The third kappa shape index (κ3) is 4.24. The highest BCUT2D eigenvalue weighted by molar-refractivity contribution is 5.92. The van der Waals surface area contributed by atoms with Crippen LogP contribution in [0.3, 0.4) is 0 Å². The first-order valence-corrected chi connectivity index (χ1v) is 4.53. The number of nitrogens with two attached hydrogens (primary N) is 2. The Hall–Kier alpha value is -1.66. The quantitative estimate of drug-likeness (QED) is 0.430. The largest absolute Gasteiger partial charge is 0.393 e. The number of rotatable bonds is 5. The van der Waals surface area contributed by atoms with Crippen molar-refractivity contribution in [2.75, 3.05) is 6.61 Å². The lowest BCUT2D eigenvalue weighted by atomic mass is 9.98. The Labute approximate surface area is 93.2 Å². The topological polar surface area (TPSA) is 127 Å². The molecule has 0 rings (SSSR count). The number of amides is 2. The molecule has 90 valence electrons. The molecule has 0 fully saturated rings. The molecule has 6 N–H and O–H groups in total. The van der Waals surface area contributed by atoms with Crippen LogP contribution in [0, 0.1) is 0 Å². The molecule has 0 aromatic heterocycles. The van der Waals surface area contributed by atoms with E-state index in [-0.39, 0.29) is 11.1 Å². The van der Waals surface area contributed by atoms with Crippen molar-refractivity contribution in [1.82, 2.24) is 0 Å². The smallest absolute Gasteiger partial charge is 0.244 e. The van der Waals surface area contributed by atoms with Gasteiger partial charge in [-0.25, -0.2) is 0 Å². The molecule has 0 aromatic rings. The minimum Gasteiger partial charge on any atom is -0.393 e. The number of carbonyl (C=O) groups is 2. The van der Waals surface area contributed by atoms with Crippen LogP contribution < -0.4 is 11.5 Å². The first-order valence-electron chi connectivity index (χ1n) is 4.53. The maximum absolute atomic E-state index is 10.8. The second kappa shape index (κ2) is 5.43. The van der Waals surface area contributed by atoms with E-state index in [1.807, 2.05) is 0 Å². The van der Waals surface area contributed by atoms with Crippen LogP contribution >= 0.6 is 0 Å². The lowest BCUT2D eigenvalue weighted by Crippen LogP contribution is -2.31. The molecule has 0 unspecified atom stereocenters. The van der Waals surface area contributed by atoms with E-state index in [4.69, 9.17) is 16.6 Å². The molecule has 0 aliphatic rings. The molecule has 2 amide bonds. The molecule has 0 bridgehead atoms. The zero-order valence-corrected chi connectivity index (χ0v) is 9.23. The molecule has 16 heavy (non-hydrogen) atoms. The minimum absolute atomic E-state index is 0.0741. The predicted molar refractivity (Wildman–Crippen MR) is 57.9 cm³/mol. The normalized spacial score (nSPS) is 16.8. The Morgan fingerprint density at radius 2 is 1.44 bits per heavy atom. The molecule has 0 aliphatic carbocycles. The summed E-state index contributed by atoms with van der Waals surface area (Å²) in [5.74, 6) is -1.45. The van der Waals surface area contributed by atoms with Gasteiger partial charge in [-0.1, -0.05) is 0 Å².